The highest BCUT2D eigenvalue weighted by molar-refractivity contribution is 5.37. The first-order chi connectivity index (χ1) is 5.85. The normalized spacial score (nSPS) is 43.4. The Hall–Kier alpha value is -0.660. The lowest BCUT2D eigenvalue weighted by molar-refractivity contribution is 0.0192. The molecule has 2 saturated carbocycles. The summed E-state index contributed by atoms with van der Waals surface area (Å²) in [7, 11) is 0. The van der Waals surface area contributed by atoms with Gasteiger partial charge in [-0.2, -0.15) is 4.99 Å². The zero-order valence-corrected chi connectivity index (χ0v) is 7.25. The summed E-state index contributed by atoms with van der Waals surface area (Å²) < 4.78 is 5.52. The number of rotatable bonds is 3. The molecule has 1 unspecified atom stereocenters. The summed E-state index contributed by atoms with van der Waals surface area (Å²) in [4.78, 5) is 14.0. The van der Waals surface area contributed by atoms with Crippen molar-refractivity contribution < 1.29 is 9.53 Å². The average molecular weight is 167 g/mol. The highest BCUT2D eigenvalue weighted by Crippen LogP contribution is 2.63. The van der Waals surface area contributed by atoms with Crippen LogP contribution in [0.4, 0.5) is 0 Å². The lowest BCUT2D eigenvalue weighted by Crippen LogP contribution is -2.18. The van der Waals surface area contributed by atoms with Crippen LogP contribution < -0.4 is 0 Å². The first kappa shape index (κ1) is 7.96. The third-order valence-electron chi connectivity index (χ3n) is 3.07. The van der Waals surface area contributed by atoms with Gasteiger partial charge in [-0.3, -0.25) is 0 Å². The number of carbonyl (C=O) groups excluding carboxylic acids is 1. The molecule has 3 atom stereocenters. The van der Waals surface area contributed by atoms with Crippen LogP contribution in [0.3, 0.4) is 0 Å². The molecular weight excluding hydrogens is 154 g/mol. The second-order valence-corrected chi connectivity index (χ2v) is 3.53. The van der Waals surface area contributed by atoms with Crippen molar-refractivity contribution in [1.82, 2.24) is 0 Å². The second-order valence-electron chi connectivity index (χ2n) is 3.53. The Morgan fingerprint density at radius 1 is 1.58 bits per heavy atom. The third kappa shape index (κ3) is 0.869. The Morgan fingerprint density at radius 2 is 2.25 bits per heavy atom. The van der Waals surface area contributed by atoms with Crippen molar-refractivity contribution in [1.29, 1.82) is 0 Å². The molecule has 2 rings (SSSR count). The zero-order valence-electron chi connectivity index (χ0n) is 7.25. The van der Waals surface area contributed by atoms with Crippen molar-refractivity contribution in [2.24, 2.45) is 16.8 Å². The van der Waals surface area contributed by atoms with E-state index in [9.17, 15) is 4.79 Å². The first-order valence-electron chi connectivity index (χ1n) is 4.58. The average Bonchev–Trinajstić information content (AvgIpc) is 2.51. The van der Waals surface area contributed by atoms with Crippen LogP contribution in [0.15, 0.2) is 4.99 Å². The Bertz CT molecular complexity index is 223. The fraction of sp³-hybridized carbons (Fsp3) is 0.889. The van der Waals surface area contributed by atoms with Crippen molar-refractivity contribution in [3.05, 3.63) is 0 Å². The molecule has 0 heterocycles. The molecular formula is C9H13NO2. The Balaban J connectivity index is 2.11. The fourth-order valence-electron chi connectivity index (χ4n) is 2.58. The van der Waals surface area contributed by atoms with E-state index in [0.717, 1.165) is 12.8 Å². The third-order valence-corrected chi connectivity index (χ3v) is 3.07. The van der Waals surface area contributed by atoms with Gasteiger partial charge < -0.3 is 4.74 Å². The van der Waals surface area contributed by atoms with Crippen LogP contribution in [0.1, 0.15) is 26.2 Å². The van der Waals surface area contributed by atoms with E-state index >= 15 is 0 Å². The first-order valence-corrected chi connectivity index (χ1v) is 4.58. The van der Waals surface area contributed by atoms with Crippen LogP contribution in [-0.2, 0) is 9.53 Å². The molecule has 2 aliphatic carbocycles. The molecule has 2 aliphatic rings. The minimum Gasteiger partial charge on any atom is -0.353 e. The van der Waals surface area contributed by atoms with Crippen LogP contribution in [0, 0.1) is 11.8 Å². The molecule has 0 saturated heterocycles. The van der Waals surface area contributed by atoms with Gasteiger partial charge in [0.05, 0.1) is 0 Å². The molecule has 0 spiro atoms. The molecule has 0 aromatic heterocycles. The molecule has 66 valence electrons. The Kier molecular flexibility index (Phi) is 1.78. The van der Waals surface area contributed by atoms with Crippen molar-refractivity contribution in [3.63, 3.8) is 0 Å². The molecule has 0 bridgehead atoms. The van der Waals surface area contributed by atoms with E-state index in [0.29, 0.717) is 18.4 Å². The topological polar surface area (TPSA) is 38.7 Å². The Labute approximate surface area is 71.8 Å². The van der Waals surface area contributed by atoms with Gasteiger partial charge in [0.25, 0.3) is 0 Å². The van der Waals surface area contributed by atoms with Crippen LogP contribution in [0.2, 0.25) is 0 Å². The van der Waals surface area contributed by atoms with E-state index < -0.39 is 5.72 Å². The number of ether oxygens (including phenoxy) is 1. The van der Waals surface area contributed by atoms with Gasteiger partial charge in [-0.05, 0) is 19.8 Å². The molecule has 0 aliphatic heterocycles. The van der Waals surface area contributed by atoms with Gasteiger partial charge >= 0.3 is 0 Å². The monoisotopic (exact) mass is 167 g/mol. The van der Waals surface area contributed by atoms with Gasteiger partial charge in [0.2, 0.25) is 6.08 Å². The van der Waals surface area contributed by atoms with Gasteiger partial charge in [-0.15, -0.1) is 0 Å². The summed E-state index contributed by atoms with van der Waals surface area (Å²) in [5.41, 5.74) is -0.436. The van der Waals surface area contributed by atoms with Gasteiger partial charge in [-0.1, -0.05) is 6.42 Å². The highest BCUT2D eigenvalue weighted by Gasteiger charge is 2.68. The molecule has 12 heavy (non-hydrogen) atoms. The second kappa shape index (κ2) is 2.68. The number of fused-ring (bicyclic) bond motifs is 1. The standard InChI is InChI=1S/C9H13NO2/c1-2-12-9(10-6-11)7-4-3-5-8(7)9/h7-8H,2-5H2,1H3/t7-,8+,9?. The number of isocyanates is 1. The lowest BCUT2D eigenvalue weighted by Gasteiger charge is -2.13. The van der Waals surface area contributed by atoms with Crippen molar-refractivity contribution in [3.8, 4) is 0 Å². The minimum atomic E-state index is -0.436. The maximum Gasteiger partial charge on any atom is 0.237 e. The van der Waals surface area contributed by atoms with E-state index in [-0.39, 0.29) is 0 Å². The predicted molar refractivity (Wildman–Crippen MR) is 43.3 cm³/mol. The molecule has 3 heteroatoms. The van der Waals surface area contributed by atoms with Crippen LogP contribution >= 0.6 is 0 Å². The molecule has 0 aromatic rings. The van der Waals surface area contributed by atoms with Gasteiger partial charge in [0.1, 0.15) is 0 Å². The van der Waals surface area contributed by atoms with Gasteiger partial charge in [0.15, 0.2) is 5.72 Å². The van der Waals surface area contributed by atoms with E-state index in [1.807, 2.05) is 6.92 Å². The number of aliphatic imine (C=N–C) groups is 1. The summed E-state index contributed by atoms with van der Waals surface area (Å²) >= 11 is 0. The summed E-state index contributed by atoms with van der Waals surface area (Å²) in [5.74, 6) is 1.03. The molecule has 0 amide bonds. The molecule has 0 aromatic carbocycles. The zero-order chi connectivity index (χ0) is 8.60. The maximum atomic E-state index is 10.2. The SMILES string of the molecule is CCOC1(N=C=O)[C@@H]2CCC[C@@H]21. The number of nitrogens with zero attached hydrogens (tertiary/aromatic N) is 1. The van der Waals surface area contributed by atoms with Crippen molar-refractivity contribution in [2.75, 3.05) is 6.61 Å². The van der Waals surface area contributed by atoms with Crippen LogP contribution in [0.25, 0.3) is 0 Å². The largest absolute Gasteiger partial charge is 0.353 e. The molecule has 0 N–H and O–H groups in total. The number of hydrogen-bond acceptors (Lipinski definition) is 3. The van der Waals surface area contributed by atoms with Gasteiger partial charge in [0, 0.05) is 18.4 Å². The highest BCUT2D eigenvalue weighted by atomic mass is 16.5. The van der Waals surface area contributed by atoms with Crippen LogP contribution in [0.5, 0.6) is 0 Å². The van der Waals surface area contributed by atoms with E-state index in [1.165, 1.54) is 6.42 Å². The predicted octanol–water partition coefficient (Wildman–Crippen LogP) is 1.48. The summed E-state index contributed by atoms with van der Waals surface area (Å²) in [6, 6.07) is 0. The smallest absolute Gasteiger partial charge is 0.237 e. The minimum absolute atomic E-state index is 0.436. The van der Waals surface area contributed by atoms with E-state index in [1.54, 1.807) is 6.08 Å². The summed E-state index contributed by atoms with van der Waals surface area (Å²) in [6.45, 7) is 2.58. The number of hydrogen-bond donors (Lipinski definition) is 0. The Morgan fingerprint density at radius 3 is 2.75 bits per heavy atom. The summed E-state index contributed by atoms with van der Waals surface area (Å²) in [6.07, 6.45) is 5.22. The van der Waals surface area contributed by atoms with Crippen molar-refractivity contribution >= 4 is 6.08 Å². The fourth-order valence-corrected chi connectivity index (χ4v) is 2.58. The molecule has 3 nitrogen and oxygen atoms in total. The van der Waals surface area contributed by atoms with Crippen LogP contribution in [-0.4, -0.2) is 18.4 Å². The maximum absolute atomic E-state index is 10.2. The van der Waals surface area contributed by atoms with E-state index in [4.69, 9.17) is 4.74 Å². The molecule has 0 radical (unpaired) electrons. The van der Waals surface area contributed by atoms with Gasteiger partial charge in [-0.25, -0.2) is 4.79 Å². The lowest BCUT2D eigenvalue weighted by atomic mass is 10.2. The molecule has 2 fully saturated rings. The van der Waals surface area contributed by atoms with Crippen molar-refractivity contribution in [2.45, 2.75) is 31.9 Å². The summed E-state index contributed by atoms with van der Waals surface area (Å²) in [5, 5.41) is 0. The quantitative estimate of drug-likeness (QED) is 0.471. The van der Waals surface area contributed by atoms with E-state index in [2.05, 4.69) is 4.99 Å².